The summed E-state index contributed by atoms with van der Waals surface area (Å²) in [6.07, 6.45) is 6.51. The first-order valence-corrected chi connectivity index (χ1v) is 8.19. The topological polar surface area (TPSA) is 84.0 Å². The Bertz CT molecular complexity index is 1680. The summed E-state index contributed by atoms with van der Waals surface area (Å²) in [7, 11) is -9.69. The van der Waals surface area contributed by atoms with E-state index in [2.05, 4.69) is 30.7 Å². The molecule has 0 aliphatic carbocycles. The quantitative estimate of drug-likeness (QED) is 0.454. The van der Waals surface area contributed by atoms with Crippen LogP contribution < -0.4 is 19.5 Å². The van der Waals surface area contributed by atoms with Crippen LogP contribution in [-0.4, -0.2) is 57.3 Å². The molecule has 0 aliphatic rings. The maximum Gasteiger partial charge on any atom is 0.163 e. The van der Waals surface area contributed by atoms with E-state index in [1.807, 2.05) is 0 Å². The summed E-state index contributed by atoms with van der Waals surface area (Å²) < 4.78 is 152. The van der Waals surface area contributed by atoms with Crippen LogP contribution in [0.4, 0.5) is 11.5 Å². The molecule has 0 spiro atoms. The zero-order valence-electron chi connectivity index (χ0n) is 32.5. The number of rotatable bonds is 11. The summed E-state index contributed by atoms with van der Waals surface area (Å²) in [5.41, 5.74) is 0.132. The Labute approximate surface area is 205 Å². The van der Waals surface area contributed by atoms with Gasteiger partial charge in [-0.15, -0.1) is 6.42 Å². The van der Waals surface area contributed by atoms with E-state index in [-0.39, 0.29) is 33.7 Å². The average Bonchev–Trinajstić information content (AvgIpc) is 2.86. The third-order valence-electron chi connectivity index (χ3n) is 3.72. The zero-order valence-corrected chi connectivity index (χ0v) is 15.5. The molecule has 0 aliphatic heterocycles. The number of aromatic nitrogens is 2. The van der Waals surface area contributed by atoms with Gasteiger partial charge in [-0.3, -0.25) is 0 Å². The highest BCUT2D eigenvalue weighted by molar-refractivity contribution is 5.93. The van der Waals surface area contributed by atoms with E-state index in [0.29, 0.717) is 0 Å². The van der Waals surface area contributed by atoms with Crippen molar-refractivity contribution in [2.75, 3.05) is 52.7 Å². The second-order valence-electron chi connectivity index (χ2n) is 5.44. The number of nitrogens with one attached hydrogen (secondary N) is 1. The molecule has 1 heterocycles. The monoisotopic (exact) mass is 440 g/mol. The van der Waals surface area contributed by atoms with Gasteiger partial charge in [0.25, 0.3) is 0 Å². The molecule has 2 aromatic carbocycles. The maximum absolute atomic E-state index is 8.14. The van der Waals surface area contributed by atoms with Gasteiger partial charge in [0.05, 0.1) is 54.5 Å². The van der Waals surface area contributed by atoms with Crippen LogP contribution in [0.1, 0.15) is 28.9 Å². The van der Waals surface area contributed by atoms with Crippen molar-refractivity contribution in [3.63, 3.8) is 0 Å². The molecule has 0 radical (unpaired) electrons. The summed E-state index contributed by atoms with van der Waals surface area (Å²) in [4.78, 5) is 8.10. The van der Waals surface area contributed by atoms with E-state index < -0.39 is 58.8 Å². The molecule has 0 unspecified atom stereocenters. The van der Waals surface area contributed by atoms with Crippen LogP contribution in [0.15, 0.2) is 36.7 Å². The predicted molar refractivity (Wildman–Crippen MR) is 118 cm³/mol. The molecule has 3 aromatic rings. The molecule has 0 saturated heterocycles. The molecule has 1 aromatic heterocycles. The minimum atomic E-state index is -3.69. The molecular weight excluding hydrogens is 398 g/mol. The smallest absolute Gasteiger partial charge is 0.163 e. The van der Waals surface area contributed by atoms with Gasteiger partial charge in [0.1, 0.15) is 31.0 Å². The molecule has 0 saturated carbocycles. The number of anilines is 2. The lowest BCUT2D eigenvalue weighted by Gasteiger charge is -2.15. The number of hydrogen-bond acceptors (Lipinski definition) is 8. The fraction of sp³-hybridized carbons (Fsp3) is 0.304. The third kappa shape index (κ3) is 5.54. The Kier molecular flexibility index (Phi) is 3.16. The molecule has 0 bridgehead atoms. The zero-order chi connectivity index (χ0) is 36.7. The number of methoxy groups -OCH3 is 3. The van der Waals surface area contributed by atoms with Gasteiger partial charge >= 0.3 is 0 Å². The molecular formula is C23H25N3O5. The van der Waals surface area contributed by atoms with Crippen molar-refractivity contribution in [2.24, 2.45) is 0 Å². The minimum Gasteiger partial charge on any atom is -0.495 e. The molecule has 31 heavy (non-hydrogen) atoms. The van der Waals surface area contributed by atoms with E-state index in [9.17, 15) is 0 Å². The largest absolute Gasteiger partial charge is 0.495 e. The van der Waals surface area contributed by atoms with Gasteiger partial charge in [0.15, 0.2) is 11.5 Å². The fourth-order valence-electron chi connectivity index (χ4n) is 2.46. The summed E-state index contributed by atoms with van der Waals surface area (Å²) in [5.74, 6) is 0.307. The van der Waals surface area contributed by atoms with Crippen molar-refractivity contribution >= 4 is 22.4 Å². The molecule has 8 nitrogen and oxygen atoms in total. The molecule has 0 amide bonds. The Morgan fingerprint density at radius 2 is 1.74 bits per heavy atom. The molecule has 0 atom stereocenters. The lowest BCUT2D eigenvalue weighted by Crippen LogP contribution is -2.09. The maximum atomic E-state index is 8.14. The van der Waals surface area contributed by atoms with Gasteiger partial charge in [-0.1, -0.05) is 5.92 Å². The lowest BCUT2D eigenvalue weighted by atomic mass is 10.1. The van der Waals surface area contributed by atoms with Crippen LogP contribution in [-0.2, 0) is 9.47 Å². The molecule has 8 heteroatoms. The summed E-state index contributed by atoms with van der Waals surface area (Å²) >= 11 is 0. The Morgan fingerprint density at radius 1 is 0.968 bits per heavy atom. The summed E-state index contributed by atoms with van der Waals surface area (Å²) in [6, 6.07) is 5.74. The van der Waals surface area contributed by atoms with E-state index in [4.69, 9.17) is 43.9 Å². The lowest BCUT2D eigenvalue weighted by molar-refractivity contribution is 0.132. The molecule has 3 rings (SSSR count). The first kappa shape index (κ1) is 8.91. The van der Waals surface area contributed by atoms with Crippen LogP contribution in [0.5, 0.6) is 17.2 Å². The second-order valence-corrected chi connectivity index (χ2v) is 5.44. The number of terminal acetylenes is 1. The van der Waals surface area contributed by atoms with Crippen molar-refractivity contribution in [3.05, 3.63) is 42.2 Å². The van der Waals surface area contributed by atoms with Crippen molar-refractivity contribution in [3.8, 4) is 29.6 Å². The first-order chi connectivity index (χ1) is 21.5. The third-order valence-corrected chi connectivity index (χ3v) is 3.72. The van der Waals surface area contributed by atoms with Crippen molar-refractivity contribution in [1.29, 1.82) is 0 Å². The SMILES string of the molecule is [2H]C([2H])([2H])Oc1ccc(Nc2ncnc3cc(OC([2H])([2H])C([2H])([2H])OC([2H])([2H])[2H])c(OC([2H])([2H])C([2H])([2H])OC([2H])([2H])[2H])cc23)cc1C#C. The normalized spacial score (nSPS) is 21.7. The van der Waals surface area contributed by atoms with E-state index in [0.717, 1.165) is 18.5 Å². The van der Waals surface area contributed by atoms with Crippen LogP contribution in [0, 0.1) is 12.3 Å². The molecule has 1 N–H and O–H groups in total. The second kappa shape index (κ2) is 11.0. The number of nitrogens with zero attached hydrogens (tertiary/aromatic N) is 2. The Morgan fingerprint density at radius 3 is 2.45 bits per heavy atom. The highest BCUT2D eigenvalue weighted by Gasteiger charge is 2.13. The minimum absolute atomic E-state index is 0.0228. The van der Waals surface area contributed by atoms with Gasteiger partial charge in [-0.25, -0.2) is 9.97 Å². The Balaban J connectivity index is 2.18. The number of fused-ring (bicyclic) bond motifs is 1. The molecule has 162 valence electrons. The summed E-state index contributed by atoms with van der Waals surface area (Å²) in [5, 5.41) is 2.80. The van der Waals surface area contributed by atoms with Crippen LogP contribution in [0.2, 0.25) is 0 Å². The predicted octanol–water partition coefficient (Wildman–Crippen LogP) is 3.41. The van der Waals surface area contributed by atoms with Crippen molar-refractivity contribution in [2.45, 2.75) is 0 Å². The van der Waals surface area contributed by atoms with Crippen molar-refractivity contribution < 1.29 is 47.0 Å². The highest BCUT2D eigenvalue weighted by Crippen LogP contribution is 2.35. The number of benzene rings is 2. The van der Waals surface area contributed by atoms with E-state index in [1.54, 1.807) is 0 Å². The van der Waals surface area contributed by atoms with Crippen molar-refractivity contribution in [1.82, 2.24) is 9.97 Å². The Hall–Kier alpha value is -3.54. The number of hydrogen-bond donors (Lipinski definition) is 1. The van der Waals surface area contributed by atoms with Gasteiger partial charge in [-0.05, 0) is 24.3 Å². The summed E-state index contributed by atoms with van der Waals surface area (Å²) in [6.45, 7) is -14.7. The van der Waals surface area contributed by atoms with Gasteiger partial charge < -0.3 is 29.0 Å². The highest BCUT2D eigenvalue weighted by atomic mass is 16.5. The molecule has 0 fully saturated rings. The van der Waals surface area contributed by atoms with Crippen LogP contribution >= 0.6 is 0 Å². The standard InChI is InChI=1S/C23H25N3O5/c1-5-16-12-17(6-7-20(16)29-4)26-23-18-13-21(30-10-8-27-2)22(31-11-9-28-3)14-19(18)24-15-25-23/h1,6-7,12-15H,8-11H2,2-4H3,(H,24,25,26)/i2D3,3D3,4D3,8D2,9D2,10D2,11D2. The van der Waals surface area contributed by atoms with Crippen LogP contribution in [0.25, 0.3) is 10.9 Å². The average molecular weight is 441 g/mol. The van der Waals surface area contributed by atoms with E-state index >= 15 is 0 Å². The van der Waals surface area contributed by atoms with Gasteiger partial charge in [0, 0.05) is 31.2 Å². The number of ether oxygens (including phenoxy) is 5. The van der Waals surface area contributed by atoms with Gasteiger partial charge in [-0.2, -0.15) is 0 Å². The fourth-order valence-corrected chi connectivity index (χ4v) is 2.46. The first-order valence-electron chi connectivity index (χ1n) is 16.7. The van der Waals surface area contributed by atoms with E-state index in [1.165, 1.54) is 18.2 Å². The van der Waals surface area contributed by atoms with Crippen LogP contribution in [0.3, 0.4) is 0 Å². The van der Waals surface area contributed by atoms with Gasteiger partial charge in [0.2, 0.25) is 0 Å².